The number of hydrogen-bond donors (Lipinski definition) is 3. The van der Waals surface area contributed by atoms with Gasteiger partial charge in [0.05, 0.1) is 19.8 Å². The van der Waals surface area contributed by atoms with E-state index in [1.54, 1.807) is 0 Å². The number of carbonyl (C=O) groups excluding carboxylic acids is 2. The lowest BCUT2D eigenvalue weighted by atomic mass is 10.1. The highest BCUT2D eigenvalue weighted by Crippen LogP contribution is 2.43. The van der Waals surface area contributed by atoms with Crippen molar-refractivity contribution in [3.05, 3.63) is 85.1 Å². The summed E-state index contributed by atoms with van der Waals surface area (Å²) in [5, 5.41) is 18.3. The van der Waals surface area contributed by atoms with E-state index < -0.39 is 51.8 Å². The van der Waals surface area contributed by atoms with Crippen LogP contribution in [-0.2, 0) is 32.7 Å². The Morgan fingerprint density at radius 2 is 1.00 bits per heavy atom. The normalized spacial score (nSPS) is 14.8. The number of aliphatic hydroxyl groups excluding tert-OH is 2. The van der Waals surface area contributed by atoms with Gasteiger partial charge in [-0.1, -0.05) is 125 Å². The van der Waals surface area contributed by atoms with Crippen molar-refractivity contribution in [1.82, 2.24) is 0 Å². The molecule has 11 heteroatoms. The lowest BCUT2D eigenvalue weighted by molar-refractivity contribution is -0.161. The molecule has 0 fully saturated rings. The Bertz CT molecular complexity index is 1190. The molecule has 0 heterocycles. The summed E-state index contributed by atoms with van der Waals surface area (Å²) in [7, 11) is -4.64. The van der Waals surface area contributed by atoms with Crippen LogP contribution in [-0.4, -0.2) is 65.7 Å². The number of phosphoric acid groups is 1. The molecule has 0 aliphatic heterocycles. The molecule has 55 heavy (non-hydrogen) atoms. The van der Waals surface area contributed by atoms with Gasteiger partial charge in [0.15, 0.2) is 6.10 Å². The molecule has 10 nitrogen and oxygen atoms in total. The first kappa shape index (κ1) is 52.2. The second-order valence-corrected chi connectivity index (χ2v) is 14.7. The number of allylic oxidation sites excluding steroid dienone is 14. The minimum Gasteiger partial charge on any atom is -0.462 e. The molecule has 314 valence electrons. The van der Waals surface area contributed by atoms with Crippen LogP contribution in [0.1, 0.15) is 142 Å². The van der Waals surface area contributed by atoms with Crippen LogP contribution >= 0.6 is 7.82 Å². The number of phosphoric ester groups is 1. The maximum Gasteiger partial charge on any atom is 0.472 e. The average Bonchev–Trinajstić information content (AvgIpc) is 3.17. The smallest absolute Gasteiger partial charge is 0.462 e. The van der Waals surface area contributed by atoms with Gasteiger partial charge in [-0.2, -0.15) is 0 Å². The molecular formula is C44H73O10P. The molecule has 0 rings (SSSR count). The van der Waals surface area contributed by atoms with Gasteiger partial charge >= 0.3 is 19.8 Å². The summed E-state index contributed by atoms with van der Waals surface area (Å²) >= 11 is 0. The molecule has 0 radical (unpaired) electrons. The predicted octanol–water partition coefficient (Wildman–Crippen LogP) is 10.7. The highest BCUT2D eigenvalue weighted by Gasteiger charge is 2.27. The molecule has 1 unspecified atom stereocenters. The Hall–Kier alpha value is -2.85. The van der Waals surface area contributed by atoms with Crippen molar-refractivity contribution in [2.45, 2.75) is 154 Å². The summed E-state index contributed by atoms with van der Waals surface area (Å²) in [5.41, 5.74) is 0. The van der Waals surface area contributed by atoms with Gasteiger partial charge in [-0.3, -0.25) is 18.6 Å². The first-order valence-electron chi connectivity index (χ1n) is 20.5. The Labute approximate surface area is 332 Å². The fourth-order valence-electron chi connectivity index (χ4n) is 4.87. The second kappa shape index (κ2) is 39.4. The highest BCUT2D eigenvalue weighted by atomic mass is 31.2. The van der Waals surface area contributed by atoms with Crippen molar-refractivity contribution >= 4 is 19.8 Å². The summed E-state index contributed by atoms with van der Waals surface area (Å²) in [6, 6.07) is 0. The minimum absolute atomic E-state index is 0.144. The maximum absolute atomic E-state index is 12.6. The molecule has 0 bridgehead atoms. The van der Waals surface area contributed by atoms with Crippen LogP contribution in [0.4, 0.5) is 0 Å². The zero-order valence-electron chi connectivity index (χ0n) is 33.9. The number of aliphatic hydroxyl groups is 2. The van der Waals surface area contributed by atoms with Crippen molar-refractivity contribution in [1.29, 1.82) is 0 Å². The molecule has 0 saturated carbocycles. The van der Waals surface area contributed by atoms with E-state index >= 15 is 0 Å². The summed E-state index contributed by atoms with van der Waals surface area (Å²) in [6.07, 6.45) is 45.5. The molecule has 0 aromatic heterocycles. The van der Waals surface area contributed by atoms with Crippen molar-refractivity contribution in [3.8, 4) is 0 Å². The molecule has 0 spiro atoms. The Morgan fingerprint density at radius 3 is 1.53 bits per heavy atom. The average molecular weight is 793 g/mol. The Balaban J connectivity index is 4.46. The minimum atomic E-state index is -4.64. The van der Waals surface area contributed by atoms with Crippen LogP contribution in [0, 0.1) is 0 Å². The number of rotatable bonds is 37. The molecule has 0 aromatic rings. The van der Waals surface area contributed by atoms with Gasteiger partial charge in [0.2, 0.25) is 0 Å². The first-order valence-corrected chi connectivity index (χ1v) is 22.0. The van der Waals surface area contributed by atoms with Crippen molar-refractivity contribution in [3.63, 3.8) is 0 Å². The van der Waals surface area contributed by atoms with Crippen molar-refractivity contribution in [2.75, 3.05) is 26.4 Å². The molecule has 0 aromatic carbocycles. The maximum atomic E-state index is 12.6. The van der Waals surface area contributed by atoms with E-state index in [9.17, 15) is 24.2 Å². The molecule has 3 atom stereocenters. The van der Waals surface area contributed by atoms with E-state index in [2.05, 4.69) is 103 Å². The van der Waals surface area contributed by atoms with E-state index in [1.165, 1.54) is 19.3 Å². The van der Waals surface area contributed by atoms with Gasteiger partial charge in [-0.05, 0) is 89.9 Å². The summed E-state index contributed by atoms with van der Waals surface area (Å²) in [5.74, 6) is -1.01. The van der Waals surface area contributed by atoms with Gasteiger partial charge < -0.3 is 24.6 Å². The third kappa shape index (κ3) is 39.2. The monoisotopic (exact) mass is 792 g/mol. The van der Waals surface area contributed by atoms with Gasteiger partial charge in [0, 0.05) is 12.8 Å². The lowest BCUT2D eigenvalue weighted by Crippen LogP contribution is -2.29. The molecule has 0 amide bonds. The van der Waals surface area contributed by atoms with Crippen molar-refractivity contribution in [2.24, 2.45) is 0 Å². The molecule has 3 N–H and O–H groups in total. The number of unbranched alkanes of at least 4 members (excludes halogenated alkanes) is 9. The zero-order chi connectivity index (χ0) is 40.5. The number of carbonyl (C=O) groups is 2. The predicted molar refractivity (Wildman–Crippen MR) is 223 cm³/mol. The van der Waals surface area contributed by atoms with Gasteiger partial charge in [0.25, 0.3) is 0 Å². The standard InChI is InChI=1S/C44H73O10P/c1-3-5-7-9-11-13-15-17-19-20-22-24-26-28-30-32-34-36-44(48)54-42(40-53-55(49,50)52-38-41(46)37-45)39-51-43(47)35-33-31-29-27-25-23-21-18-16-14-12-10-8-6-4-2/h6,8,11-14,17-19,21-22,24-25,27,41-42,45-46H,3-5,7,9-10,15-16,20,23,26,28-40H2,1-2H3,(H,49,50)/b8-6-,13-11-,14-12-,19-17-,21-18-,24-22-,27-25-/t41-,42+/m0/s1. The number of esters is 2. The van der Waals surface area contributed by atoms with Crippen LogP contribution < -0.4 is 0 Å². The fraction of sp³-hybridized carbons (Fsp3) is 0.636. The number of ether oxygens (including phenoxy) is 2. The van der Waals surface area contributed by atoms with E-state index in [-0.39, 0.29) is 19.4 Å². The topological polar surface area (TPSA) is 149 Å². The molecular weight excluding hydrogens is 719 g/mol. The van der Waals surface area contributed by atoms with Gasteiger partial charge in [-0.15, -0.1) is 0 Å². The molecule has 0 aliphatic rings. The van der Waals surface area contributed by atoms with E-state index in [1.807, 2.05) is 0 Å². The Morgan fingerprint density at radius 1 is 0.564 bits per heavy atom. The van der Waals surface area contributed by atoms with Crippen LogP contribution in [0.5, 0.6) is 0 Å². The molecule has 0 aliphatic carbocycles. The lowest BCUT2D eigenvalue weighted by Gasteiger charge is -2.20. The van der Waals surface area contributed by atoms with Gasteiger partial charge in [0.1, 0.15) is 12.7 Å². The van der Waals surface area contributed by atoms with Crippen molar-refractivity contribution < 1.29 is 47.8 Å². The summed E-state index contributed by atoms with van der Waals surface area (Å²) < 4.78 is 32.6. The van der Waals surface area contributed by atoms with Crippen LogP contribution in [0.25, 0.3) is 0 Å². The van der Waals surface area contributed by atoms with Gasteiger partial charge in [-0.25, -0.2) is 4.57 Å². The third-order valence-electron chi connectivity index (χ3n) is 8.03. The second-order valence-electron chi connectivity index (χ2n) is 13.3. The summed E-state index contributed by atoms with van der Waals surface area (Å²) in [4.78, 5) is 34.9. The summed E-state index contributed by atoms with van der Waals surface area (Å²) in [6.45, 7) is 2.13. The third-order valence-corrected chi connectivity index (χ3v) is 8.98. The fourth-order valence-corrected chi connectivity index (χ4v) is 5.66. The SMILES string of the molecule is CC/C=C\C/C=C\C/C=C\C/C=C\CCCCC(=O)OC[C@H](COP(=O)(O)OC[C@@H](O)CO)OC(=O)CCCCCC/C=C\C/C=C\C/C=C\CCCCC. The Kier molecular flexibility index (Phi) is 37.3. The largest absolute Gasteiger partial charge is 0.472 e. The molecule has 0 saturated heterocycles. The van der Waals surface area contributed by atoms with Crippen LogP contribution in [0.15, 0.2) is 85.1 Å². The highest BCUT2D eigenvalue weighted by molar-refractivity contribution is 7.47. The van der Waals surface area contributed by atoms with Crippen LogP contribution in [0.3, 0.4) is 0 Å². The quantitative estimate of drug-likeness (QED) is 0.0240. The van der Waals surface area contributed by atoms with Crippen LogP contribution in [0.2, 0.25) is 0 Å². The van der Waals surface area contributed by atoms with E-state index in [4.69, 9.17) is 19.1 Å². The first-order chi connectivity index (χ1) is 26.7. The van der Waals surface area contributed by atoms with E-state index in [0.717, 1.165) is 83.5 Å². The van der Waals surface area contributed by atoms with E-state index in [0.29, 0.717) is 12.8 Å². The zero-order valence-corrected chi connectivity index (χ0v) is 34.7. The number of hydrogen-bond acceptors (Lipinski definition) is 9.